The van der Waals surface area contributed by atoms with Crippen LogP contribution in [0.1, 0.15) is 29.0 Å². The molecular weight excluding hydrogens is 410 g/mol. The molecule has 1 amide bonds. The molecule has 1 aliphatic heterocycles. The van der Waals surface area contributed by atoms with Crippen molar-refractivity contribution in [1.82, 2.24) is 4.90 Å². The van der Waals surface area contributed by atoms with Crippen molar-refractivity contribution in [3.8, 4) is 11.5 Å². The summed E-state index contributed by atoms with van der Waals surface area (Å²) >= 11 is 0. The molecule has 1 N–H and O–H groups in total. The van der Waals surface area contributed by atoms with Crippen molar-refractivity contribution in [2.45, 2.75) is 24.3 Å². The Kier molecular flexibility index (Phi) is 4.98. The van der Waals surface area contributed by atoms with Gasteiger partial charge in [0.25, 0.3) is 0 Å². The molecule has 1 saturated heterocycles. The highest BCUT2D eigenvalue weighted by atomic mass is 32.2. The molecule has 1 aliphatic rings. The summed E-state index contributed by atoms with van der Waals surface area (Å²) in [6.07, 6.45) is 2.43. The molecule has 0 bridgehead atoms. The molecule has 0 radical (unpaired) electrons. The van der Waals surface area contributed by atoms with Crippen molar-refractivity contribution >= 4 is 32.7 Å². The van der Waals surface area contributed by atoms with Gasteiger partial charge in [-0.2, -0.15) is 0 Å². The number of carboxylic acid groups (broad SMARTS) is 1. The molecule has 4 rings (SSSR count). The molecule has 2 heterocycles. The predicted octanol–water partition coefficient (Wildman–Crippen LogP) is 3.45. The first-order chi connectivity index (χ1) is 14.2. The van der Waals surface area contributed by atoms with E-state index in [1.54, 1.807) is 11.0 Å². The van der Waals surface area contributed by atoms with E-state index in [-0.39, 0.29) is 22.1 Å². The molecule has 1 aromatic heterocycles. The summed E-state index contributed by atoms with van der Waals surface area (Å²) in [5.74, 6) is 0.0643. The van der Waals surface area contributed by atoms with Crippen LogP contribution in [0.15, 0.2) is 51.8 Å². The second-order valence-corrected chi connectivity index (χ2v) is 9.18. The van der Waals surface area contributed by atoms with Gasteiger partial charge in [-0.3, -0.25) is 4.79 Å². The third kappa shape index (κ3) is 4.02. The minimum atomic E-state index is -3.34. The normalized spacial score (nSPS) is 14.4. The van der Waals surface area contributed by atoms with Gasteiger partial charge >= 0.3 is 5.97 Å². The van der Waals surface area contributed by atoms with Crippen molar-refractivity contribution in [2.75, 3.05) is 12.8 Å². The second-order valence-electron chi connectivity index (χ2n) is 7.17. The van der Waals surface area contributed by atoms with Crippen LogP contribution in [-0.4, -0.2) is 43.1 Å². The Bertz CT molecular complexity index is 1240. The van der Waals surface area contributed by atoms with E-state index in [2.05, 4.69) is 0 Å². The zero-order valence-electron chi connectivity index (χ0n) is 16.1. The fourth-order valence-electron chi connectivity index (χ4n) is 3.39. The van der Waals surface area contributed by atoms with Crippen LogP contribution in [0, 0.1) is 0 Å². The maximum atomic E-state index is 11.9. The molecule has 9 heteroatoms. The zero-order valence-corrected chi connectivity index (χ0v) is 16.9. The first kappa shape index (κ1) is 20.0. The number of benzene rings is 2. The predicted molar refractivity (Wildman–Crippen MR) is 107 cm³/mol. The maximum absolute atomic E-state index is 11.9. The number of amides is 1. The Balaban J connectivity index is 1.70. The van der Waals surface area contributed by atoms with Gasteiger partial charge in [-0.25, -0.2) is 13.2 Å². The Morgan fingerprint density at radius 2 is 1.93 bits per heavy atom. The van der Waals surface area contributed by atoms with Gasteiger partial charge in [0.05, 0.1) is 22.4 Å². The third-order valence-corrected chi connectivity index (χ3v) is 6.02. The lowest BCUT2D eigenvalue weighted by atomic mass is 10.1. The molecule has 0 unspecified atom stereocenters. The topological polar surface area (TPSA) is 114 Å². The molecule has 0 aliphatic carbocycles. The number of carboxylic acids is 1. The molecule has 0 atom stereocenters. The third-order valence-electron chi connectivity index (χ3n) is 4.90. The van der Waals surface area contributed by atoms with Crippen LogP contribution in [0.5, 0.6) is 11.5 Å². The smallest absolute Gasteiger partial charge is 0.335 e. The quantitative estimate of drug-likeness (QED) is 0.638. The number of hydrogen-bond donors (Lipinski definition) is 1. The second kappa shape index (κ2) is 7.49. The Hall–Kier alpha value is -3.33. The Labute approximate surface area is 172 Å². The van der Waals surface area contributed by atoms with Crippen molar-refractivity contribution in [1.29, 1.82) is 0 Å². The average Bonchev–Trinajstić information content (AvgIpc) is 3.27. The van der Waals surface area contributed by atoms with E-state index in [0.717, 1.165) is 12.7 Å². The van der Waals surface area contributed by atoms with Crippen molar-refractivity contribution in [3.63, 3.8) is 0 Å². The van der Waals surface area contributed by atoms with Crippen LogP contribution in [0.25, 0.3) is 11.0 Å². The number of ether oxygens (including phenoxy) is 1. The highest BCUT2D eigenvalue weighted by Crippen LogP contribution is 2.35. The number of sulfone groups is 1. The molecule has 0 spiro atoms. The summed E-state index contributed by atoms with van der Waals surface area (Å²) in [4.78, 5) is 25.2. The fraction of sp³-hybridized carbons (Fsp3) is 0.238. The highest BCUT2D eigenvalue weighted by Gasteiger charge is 2.22. The minimum Gasteiger partial charge on any atom is -0.478 e. The van der Waals surface area contributed by atoms with Crippen LogP contribution in [0.3, 0.4) is 0 Å². The molecule has 3 aromatic rings. The number of carbonyl (C=O) groups is 2. The largest absolute Gasteiger partial charge is 0.478 e. The van der Waals surface area contributed by atoms with E-state index in [0.29, 0.717) is 42.0 Å². The van der Waals surface area contributed by atoms with Gasteiger partial charge in [-0.15, -0.1) is 0 Å². The maximum Gasteiger partial charge on any atom is 0.335 e. The molecule has 156 valence electrons. The summed E-state index contributed by atoms with van der Waals surface area (Å²) in [5.41, 5.74) is 0.322. The van der Waals surface area contributed by atoms with Crippen LogP contribution in [-0.2, 0) is 21.2 Å². The fourth-order valence-corrected chi connectivity index (χ4v) is 4.02. The lowest BCUT2D eigenvalue weighted by Gasteiger charge is -2.12. The van der Waals surface area contributed by atoms with Crippen molar-refractivity contribution < 1.29 is 32.3 Å². The monoisotopic (exact) mass is 429 g/mol. The molecule has 1 fully saturated rings. The summed E-state index contributed by atoms with van der Waals surface area (Å²) in [6.45, 7) is 0.963. The molecular formula is C21H19NO7S. The highest BCUT2D eigenvalue weighted by molar-refractivity contribution is 7.90. The van der Waals surface area contributed by atoms with Crippen molar-refractivity contribution in [2.24, 2.45) is 0 Å². The lowest BCUT2D eigenvalue weighted by molar-refractivity contribution is -0.128. The lowest BCUT2D eigenvalue weighted by Crippen LogP contribution is -2.23. The standard InChI is InChI=1S/C21H19NO7S/c1-30(26,27)16-6-4-14(5-7-16)28-18-9-13(21(24)25)10-19-17(18)11-15(29-19)12-22-8-2-3-20(22)23/h4-7,9-11H,2-3,8,12H2,1H3,(H,24,25). The number of furan rings is 1. The van der Waals surface area contributed by atoms with Crippen LogP contribution >= 0.6 is 0 Å². The van der Waals surface area contributed by atoms with E-state index in [1.807, 2.05) is 0 Å². The van der Waals surface area contributed by atoms with Gasteiger partial charge < -0.3 is 19.2 Å². The van der Waals surface area contributed by atoms with Gasteiger partial charge in [0, 0.05) is 19.2 Å². The average molecular weight is 429 g/mol. The minimum absolute atomic E-state index is 0.0107. The van der Waals surface area contributed by atoms with Crippen LogP contribution in [0.2, 0.25) is 0 Å². The first-order valence-electron chi connectivity index (χ1n) is 9.26. The number of rotatable bonds is 6. The number of aromatic carboxylic acids is 1. The Morgan fingerprint density at radius 1 is 1.20 bits per heavy atom. The number of carbonyl (C=O) groups excluding carboxylic acids is 1. The van der Waals surface area contributed by atoms with Gasteiger partial charge in [-0.1, -0.05) is 0 Å². The first-order valence-corrected chi connectivity index (χ1v) is 11.2. The number of hydrogen-bond acceptors (Lipinski definition) is 6. The summed E-state index contributed by atoms with van der Waals surface area (Å²) < 4.78 is 34.9. The number of likely N-dealkylation sites (tertiary alicyclic amines) is 1. The van der Waals surface area contributed by atoms with E-state index in [4.69, 9.17) is 9.15 Å². The summed E-state index contributed by atoms with van der Waals surface area (Å²) in [7, 11) is -3.34. The Morgan fingerprint density at radius 3 is 2.53 bits per heavy atom. The number of nitrogens with zero attached hydrogens (tertiary/aromatic N) is 1. The molecule has 0 saturated carbocycles. The van der Waals surface area contributed by atoms with Crippen LogP contribution in [0.4, 0.5) is 0 Å². The van der Waals surface area contributed by atoms with Gasteiger partial charge in [0.15, 0.2) is 9.84 Å². The summed E-state index contributed by atoms with van der Waals surface area (Å²) in [6, 6.07) is 10.4. The van der Waals surface area contributed by atoms with Gasteiger partial charge in [0.2, 0.25) is 5.91 Å². The van der Waals surface area contributed by atoms with E-state index in [1.165, 1.54) is 36.4 Å². The molecule has 2 aromatic carbocycles. The van der Waals surface area contributed by atoms with Crippen molar-refractivity contribution in [3.05, 3.63) is 53.8 Å². The van der Waals surface area contributed by atoms with Gasteiger partial charge in [0.1, 0.15) is 22.8 Å². The van der Waals surface area contributed by atoms with E-state index in [9.17, 15) is 23.1 Å². The molecule has 8 nitrogen and oxygen atoms in total. The van der Waals surface area contributed by atoms with E-state index >= 15 is 0 Å². The molecule has 30 heavy (non-hydrogen) atoms. The number of fused-ring (bicyclic) bond motifs is 1. The zero-order chi connectivity index (χ0) is 21.5. The SMILES string of the molecule is CS(=O)(=O)c1ccc(Oc2cc(C(=O)O)cc3oc(CN4CCCC4=O)cc23)cc1. The van der Waals surface area contributed by atoms with Crippen LogP contribution < -0.4 is 4.74 Å². The van der Waals surface area contributed by atoms with E-state index < -0.39 is 15.8 Å². The van der Waals surface area contributed by atoms with Gasteiger partial charge in [-0.05, 0) is 48.9 Å². The summed E-state index contributed by atoms with van der Waals surface area (Å²) in [5, 5.41) is 9.98.